The third-order valence-corrected chi connectivity index (χ3v) is 6.65. The second-order valence-electron chi connectivity index (χ2n) is 8.48. The van der Waals surface area contributed by atoms with Crippen LogP contribution in [0.5, 0.6) is 5.75 Å². The normalized spacial score (nSPS) is 23.7. The SMILES string of the molecule is COc1ccc2c(c1)c(C(=O)NC1CCC(O)CC1)c(C)n2C1CCCCC1. The van der Waals surface area contributed by atoms with E-state index >= 15 is 0 Å². The summed E-state index contributed by atoms with van der Waals surface area (Å²) in [6.45, 7) is 2.08. The molecular weight excluding hydrogens is 352 g/mol. The first kappa shape index (κ1) is 19.3. The molecule has 0 aliphatic heterocycles. The summed E-state index contributed by atoms with van der Waals surface area (Å²) in [5.74, 6) is 0.787. The van der Waals surface area contributed by atoms with Crippen molar-refractivity contribution in [1.82, 2.24) is 9.88 Å². The minimum Gasteiger partial charge on any atom is -0.497 e. The molecule has 0 radical (unpaired) electrons. The Labute approximate surface area is 167 Å². The highest BCUT2D eigenvalue weighted by molar-refractivity contribution is 6.09. The zero-order chi connectivity index (χ0) is 19.7. The first-order valence-corrected chi connectivity index (χ1v) is 10.8. The topological polar surface area (TPSA) is 63.5 Å². The van der Waals surface area contributed by atoms with Crippen molar-refractivity contribution in [3.63, 3.8) is 0 Å². The number of ether oxygens (including phenoxy) is 1. The molecule has 2 aromatic rings. The summed E-state index contributed by atoms with van der Waals surface area (Å²) in [7, 11) is 1.67. The van der Waals surface area contributed by atoms with Gasteiger partial charge in [0.1, 0.15) is 5.75 Å². The van der Waals surface area contributed by atoms with Crippen molar-refractivity contribution in [2.24, 2.45) is 0 Å². The van der Waals surface area contributed by atoms with E-state index in [4.69, 9.17) is 4.74 Å². The summed E-state index contributed by atoms with van der Waals surface area (Å²) in [5, 5.41) is 14.0. The van der Waals surface area contributed by atoms with Crippen LogP contribution in [0.4, 0.5) is 0 Å². The number of methoxy groups -OCH3 is 1. The summed E-state index contributed by atoms with van der Waals surface area (Å²) in [6, 6.07) is 6.71. The monoisotopic (exact) mass is 384 g/mol. The number of aliphatic hydroxyl groups is 1. The second kappa shape index (κ2) is 8.16. The van der Waals surface area contributed by atoms with E-state index in [9.17, 15) is 9.90 Å². The van der Waals surface area contributed by atoms with Crippen LogP contribution in [0.15, 0.2) is 18.2 Å². The van der Waals surface area contributed by atoms with Gasteiger partial charge in [-0.25, -0.2) is 0 Å². The van der Waals surface area contributed by atoms with Gasteiger partial charge in [0.2, 0.25) is 0 Å². The number of nitrogens with zero attached hydrogens (tertiary/aromatic N) is 1. The highest BCUT2D eigenvalue weighted by Gasteiger charge is 2.28. The van der Waals surface area contributed by atoms with Gasteiger partial charge in [-0.15, -0.1) is 0 Å². The number of nitrogens with one attached hydrogen (secondary N) is 1. The van der Waals surface area contributed by atoms with Gasteiger partial charge in [0.25, 0.3) is 5.91 Å². The lowest BCUT2D eigenvalue weighted by Crippen LogP contribution is -2.38. The van der Waals surface area contributed by atoms with Crippen molar-refractivity contribution < 1.29 is 14.6 Å². The molecule has 5 nitrogen and oxygen atoms in total. The predicted molar refractivity (Wildman–Crippen MR) is 111 cm³/mol. The van der Waals surface area contributed by atoms with Gasteiger partial charge < -0.3 is 19.7 Å². The fraction of sp³-hybridized carbons (Fsp3) is 0.609. The Kier molecular flexibility index (Phi) is 5.63. The Balaban J connectivity index is 1.71. The number of rotatable bonds is 4. The van der Waals surface area contributed by atoms with Crippen molar-refractivity contribution in [3.8, 4) is 5.75 Å². The number of hydrogen-bond acceptors (Lipinski definition) is 3. The van der Waals surface area contributed by atoms with Crippen LogP contribution in [0.1, 0.15) is 79.9 Å². The largest absolute Gasteiger partial charge is 0.497 e. The molecule has 0 spiro atoms. The second-order valence-corrected chi connectivity index (χ2v) is 8.48. The summed E-state index contributed by atoms with van der Waals surface area (Å²) < 4.78 is 7.84. The van der Waals surface area contributed by atoms with Crippen LogP contribution >= 0.6 is 0 Å². The lowest BCUT2D eigenvalue weighted by molar-refractivity contribution is 0.0868. The zero-order valence-electron chi connectivity index (χ0n) is 17.0. The van der Waals surface area contributed by atoms with E-state index in [1.165, 1.54) is 32.1 Å². The first-order chi connectivity index (χ1) is 13.6. The molecule has 1 aromatic carbocycles. The molecule has 2 fully saturated rings. The standard InChI is InChI=1S/C23H32N2O3/c1-15-22(23(27)24-16-8-10-18(26)11-9-16)20-14-19(28-2)12-13-21(20)25(15)17-6-4-3-5-7-17/h12-14,16-18,26H,3-11H2,1-2H3,(H,24,27). The van der Waals surface area contributed by atoms with E-state index in [2.05, 4.69) is 22.9 Å². The fourth-order valence-electron chi connectivity index (χ4n) is 5.12. The van der Waals surface area contributed by atoms with Gasteiger partial charge in [0.15, 0.2) is 0 Å². The molecule has 1 heterocycles. The van der Waals surface area contributed by atoms with E-state index in [1.807, 2.05) is 12.1 Å². The van der Waals surface area contributed by atoms with Crippen LogP contribution < -0.4 is 10.1 Å². The molecule has 2 N–H and O–H groups in total. The highest BCUT2D eigenvalue weighted by atomic mass is 16.5. The quantitative estimate of drug-likeness (QED) is 0.816. The van der Waals surface area contributed by atoms with Crippen molar-refractivity contribution in [2.75, 3.05) is 7.11 Å². The van der Waals surface area contributed by atoms with E-state index in [0.717, 1.165) is 53.6 Å². The van der Waals surface area contributed by atoms with Gasteiger partial charge in [-0.2, -0.15) is 0 Å². The van der Waals surface area contributed by atoms with Gasteiger partial charge >= 0.3 is 0 Å². The summed E-state index contributed by atoms with van der Waals surface area (Å²) in [4.78, 5) is 13.3. The maximum absolute atomic E-state index is 13.3. The molecule has 0 saturated heterocycles. The Morgan fingerprint density at radius 2 is 1.82 bits per heavy atom. The van der Waals surface area contributed by atoms with Gasteiger partial charge in [0.05, 0.1) is 18.8 Å². The minimum atomic E-state index is -0.215. The number of aliphatic hydroxyl groups excluding tert-OH is 1. The molecule has 0 unspecified atom stereocenters. The molecule has 2 aliphatic rings. The number of amides is 1. The van der Waals surface area contributed by atoms with Gasteiger partial charge in [-0.3, -0.25) is 4.79 Å². The Morgan fingerprint density at radius 1 is 1.11 bits per heavy atom. The Morgan fingerprint density at radius 3 is 2.50 bits per heavy atom. The molecule has 4 rings (SSSR count). The van der Waals surface area contributed by atoms with Crippen LogP contribution in [-0.4, -0.2) is 34.8 Å². The molecule has 1 aromatic heterocycles. The third-order valence-electron chi connectivity index (χ3n) is 6.65. The van der Waals surface area contributed by atoms with Crippen molar-refractivity contribution >= 4 is 16.8 Å². The molecule has 0 atom stereocenters. The summed E-state index contributed by atoms with van der Waals surface area (Å²) in [5.41, 5.74) is 2.98. The first-order valence-electron chi connectivity index (χ1n) is 10.8. The Hall–Kier alpha value is -2.01. The lowest BCUT2D eigenvalue weighted by atomic mass is 9.93. The zero-order valence-corrected chi connectivity index (χ0v) is 17.0. The number of carbonyl (C=O) groups excluding carboxylic acids is 1. The molecule has 28 heavy (non-hydrogen) atoms. The van der Waals surface area contributed by atoms with Crippen molar-refractivity contribution in [1.29, 1.82) is 0 Å². The fourth-order valence-corrected chi connectivity index (χ4v) is 5.12. The maximum atomic E-state index is 13.3. The van der Waals surface area contributed by atoms with Crippen molar-refractivity contribution in [3.05, 3.63) is 29.5 Å². The van der Waals surface area contributed by atoms with Crippen molar-refractivity contribution in [2.45, 2.75) is 82.9 Å². The molecule has 2 saturated carbocycles. The van der Waals surface area contributed by atoms with E-state index in [-0.39, 0.29) is 18.1 Å². The maximum Gasteiger partial charge on any atom is 0.253 e. The number of aromatic nitrogens is 1. The third kappa shape index (κ3) is 3.64. The van der Waals surface area contributed by atoms with E-state index < -0.39 is 0 Å². The Bertz CT molecular complexity index is 843. The highest BCUT2D eigenvalue weighted by Crippen LogP contribution is 2.37. The van der Waals surface area contributed by atoms with Crippen LogP contribution in [0.2, 0.25) is 0 Å². The van der Waals surface area contributed by atoms with Gasteiger partial charge in [-0.1, -0.05) is 19.3 Å². The molecule has 5 heteroatoms. The number of benzene rings is 1. The molecule has 152 valence electrons. The van der Waals surface area contributed by atoms with E-state index in [0.29, 0.717) is 6.04 Å². The summed E-state index contributed by atoms with van der Waals surface area (Å²) in [6.07, 6.45) is 9.18. The average molecular weight is 385 g/mol. The predicted octanol–water partition coefficient (Wildman–Crippen LogP) is 4.50. The van der Waals surface area contributed by atoms with Crippen LogP contribution in [0.3, 0.4) is 0 Å². The summed E-state index contributed by atoms with van der Waals surface area (Å²) >= 11 is 0. The van der Waals surface area contributed by atoms with Gasteiger partial charge in [0, 0.05) is 28.7 Å². The molecule has 0 bridgehead atoms. The van der Waals surface area contributed by atoms with Gasteiger partial charge in [-0.05, 0) is 63.6 Å². The van der Waals surface area contributed by atoms with Crippen LogP contribution in [-0.2, 0) is 0 Å². The molecule has 1 amide bonds. The lowest BCUT2D eigenvalue weighted by Gasteiger charge is -2.27. The number of hydrogen-bond donors (Lipinski definition) is 2. The number of fused-ring (bicyclic) bond motifs is 1. The van der Waals surface area contributed by atoms with Crippen LogP contribution in [0.25, 0.3) is 10.9 Å². The minimum absolute atomic E-state index is 0.00621. The number of carbonyl (C=O) groups is 1. The van der Waals surface area contributed by atoms with E-state index in [1.54, 1.807) is 7.11 Å². The smallest absolute Gasteiger partial charge is 0.253 e. The average Bonchev–Trinajstić information content (AvgIpc) is 3.01. The molecule has 2 aliphatic carbocycles. The molecular formula is C23H32N2O3. The van der Waals surface area contributed by atoms with Crippen LogP contribution in [0, 0.1) is 6.92 Å².